The van der Waals surface area contributed by atoms with Gasteiger partial charge in [-0.3, -0.25) is 4.79 Å². The van der Waals surface area contributed by atoms with Gasteiger partial charge < -0.3 is 9.64 Å². The van der Waals surface area contributed by atoms with Crippen LogP contribution in [-0.2, 0) is 16.1 Å². The van der Waals surface area contributed by atoms with Crippen LogP contribution in [0.15, 0.2) is 6.20 Å². The first-order chi connectivity index (χ1) is 8.70. The van der Waals surface area contributed by atoms with Crippen molar-refractivity contribution in [3.8, 4) is 0 Å². The molecular formula is C11H16N4O3. The second-order valence-electron chi connectivity index (χ2n) is 4.23. The molecule has 1 aromatic heterocycles. The summed E-state index contributed by atoms with van der Waals surface area (Å²) in [6.07, 6.45) is 4.71. The number of piperidine rings is 1. The molecule has 1 aromatic rings. The van der Waals surface area contributed by atoms with Gasteiger partial charge in [0.05, 0.1) is 13.3 Å². The number of hydrogen-bond donors (Lipinski definition) is 0. The van der Waals surface area contributed by atoms with E-state index in [2.05, 4.69) is 15.0 Å². The van der Waals surface area contributed by atoms with Gasteiger partial charge in [-0.15, -0.1) is 5.10 Å². The Bertz CT molecular complexity index is 437. The molecule has 1 aliphatic rings. The summed E-state index contributed by atoms with van der Waals surface area (Å²) in [6, 6.07) is 0. The van der Waals surface area contributed by atoms with E-state index in [4.69, 9.17) is 0 Å². The summed E-state index contributed by atoms with van der Waals surface area (Å²) in [5.74, 6) is -0.539. The van der Waals surface area contributed by atoms with Crippen LogP contribution in [0.4, 0.5) is 0 Å². The molecular weight excluding hydrogens is 236 g/mol. The summed E-state index contributed by atoms with van der Waals surface area (Å²) >= 11 is 0. The molecule has 7 heteroatoms. The molecule has 0 saturated carbocycles. The molecule has 0 N–H and O–H groups in total. The van der Waals surface area contributed by atoms with E-state index in [1.54, 1.807) is 0 Å². The van der Waals surface area contributed by atoms with Crippen LogP contribution in [0, 0.1) is 0 Å². The summed E-state index contributed by atoms with van der Waals surface area (Å²) in [5.41, 5.74) is 0.115. The van der Waals surface area contributed by atoms with Gasteiger partial charge in [-0.05, 0) is 19.3 Å². The van der Waals surface area contributed by atoms with Crippen LogP contribution >= 0.6 is 0 Å². The minimum absolute atomic E-state index is 0.0102. The molecule has 0 bridgehead atoms. The van der Waals surface area contributed by atoms with Gasteiger partial charge in [0.25, 0.3) is 0 Å². The van der Waals surface area contributed by atoms with Gasteiger partial charge in [-0.2, -0.15) is 0 Å². The third kappa shape index (κ3) is 2.85. The van der Waals surface area contributed by atoms with Crippen molar-refractivity contribution in [2.45, 2.75) is 25.8 Å². The van der Waals surface area contributed by atoms with E-state index in [0.717, 1.165) is 25.9 Å². The Morgan fingerprint density at radius 3 is 2.72 bits per heavy atom. The van der Waals surface area contributed by atoms with Crippen LogP contribution in [0.1, 0.15) is 29.8 Å². The minimum Gasteiger partial charge on any atom is -0.464 e. The highest BCUT2D eigenvalue weighted by molar-refractivity contribution is 5.86. The third-order valence-electron chi connectivity index (χ3n) is 2.94. The third-order valence-corrected chi connectivity index (χ3v) is 2.94. The molecule has 2 heterocycles. The fourth-order valence-electron chi connectivity index (χ4n) is 1.96. The van der Waals surface area contributed by atoms with E-state index in [0.29, 0.717) is 0 Å². The summed E-state index contributed by atoms with van der Waals surface area (Å²) in [6.45, 7) is 1.72. The molecule has 0 spiro atoms. The number of nitrogens with zero attached hydrogens (tertiary/aromatic N) is 4. The van der Waals surface area contributed by atoms with E-state index in [1.807, 2.05) is 4.90 Å². The second kappa shape index (κ2) is 5.61. The lowest BCUT2D eigenvalue weighted by molar-refractivity contribution is -0.132. The van der Waals surface area contributed by atoms with Crippen LogP contribution in [0.25, 0.3) is 0 Å². The molecule has 0 unspecified atom stereocenters. The number of amides is 1. The predicted octanol–water partition coefficient (Wildman–Crippen LogP) is 0.0772. The molecule has 1 saturated heterocycles. The predicted molar refractivity (Wildman–Crippen MR) is 61.8 cm³/mol. The van der Waals surface area contributed by atoms with E-state index in [-0.39, 0.29) is 18.1 Å². The van der Waals surface area contributed by atoms with Gasteiger partial charge in [0, 0.05) is 13.1 Å². The Labute approximate surface area is 105 Å². The largest absolute Gasteiger partial charge is 0.464 e. The highest BCUT2D eigenvalue weighted by atomic mass is 16.5. The smallest absolute Gasteiger partial charge is 0.360 e. The molecule has 1 amide bonds. The number of methoxy groups -OCH3 is 1. The highest BCUT2D eigenvalue weighted by Crippen LogP contribution is 2.09. The number of hydrogen-bond acceptors (Lipinski definition) is 5. The van der Waals surface area contributed by atoms with Crippen LogP contribution in [0.2, 0.25) is 0 Å². The standard InChI is InChI=1S/C11H16N4O3/c1-18-11(17)9-7-15(13-12-9)8-10(16)14-5-3-2-4-6-14/h7H,2-6,8H2,1H3. The Balaban J connectivity index is 1.94. The van der Waals surface area contributed by atoms with Crippen molar-refractivity contribution in [3.05, 3.63) is 11.9 Å². The summed E-state index contributed by atoms with van der Waals surface area (Å²) in [5, 5.41) is 7.39. The zero-order valence-electron chi connectivity index (χ0n) is 10.3. The van der Waals surface area contributed by atoms with Gasteiger partial charge in [-0.1, -0.05) is 5.21 Å². The van der Waals surface area contributed by atoms with Crippen molar-refractivity contribution in [1.82, 2.24) is 19.9 Å². The molecule has 1 aliphatic heterocycles. The first-order valence-corrected chi connectivity index (χ1v) is 5.97. The number of rotatable bonds is 3. The SMILES string of the molecule is COC(=O)c1cn(CC(=O)N2CCCCC2)nn1. The molecule has 1 fully saturated rings. The van der Waals surface area contributed by atoms with E-state index >= 15 is 0 Å². The molecule has 0 radical (unpaired) electrons. The maximum absolute atomic E-state index is 11.9. The zero-order chi connectivity index (χ0) is 13.0. The molecule has 0 aromatic carbocycles. The lowest BCUT2D eigenvalue weighted by Gasteiger charge is -2.26. The van der Waals surface area contributed by atoms with E-state index in [9.17, 15) is 9.59 Å². The van der Waals surface area contributed by atoms with Crippen molar-refractivity contribution in [1.29, 1.82) is 0 Å². The van der Waals surface area contributed by atoms with Crippen LogP contribution in [0.5, 0.6) is 0 Å². The average Bonchev–Trinajstić information content (AvgIpc) is 2.87. The fraction of sp³-hybridized carbons (Fsp3) is 0.636. The highest BCUT2D eigenvalue weighted by Gasteiger charge is 2.18. The molecule has 0 atom stereocenters. The van der Waals surface area contributed by atoms with Crippen molar-refractivity contribution in [2.75, 3.05) is 20.2 Å². The number of aromatic nitrogens is 3. The summed E-state index contributed by atoms with van der Waals surface area (Å²) < 4.78 is 5.89. The van der Waals surface area contributed by atoms with Crippen molar-refractivity contribution in [3.63, 3.8) is 0 Å². The van der Waals surface area contributed by atoms with E-state index < -0.39 is 5.97 Å². The number of carbonyl (C=O) groups is 2. The normalized spacial score (nSPS) is 15.5. The Hall–Kier alpha value is -1.92. The minimum atomic E-state index is -0.549. The first kappa shape index (κ1) is 12.5. The van der Waals surface area contributed by atoms with E-state index in [1.165, 1.54) is 24.4 Å². The van der Waals surface area contributed by atoms with Gasteiger partial charge in [0.2, 0.25) is 5.91 Å². The Kier molecular flexibility index (Phi) is 3.91. The first-order valence-electron chi connectivity index (χ1n) is 5.97. The van der Waals surface area contributed by atoms with Gasteiger partial charge >= 0.3 is 5.97 Å². The van der Waals surface area contributed by atoms with Gasteiger partial charge in [0.1, 0.15) is 6.54 Å². The number of likely N-dealkylation sites (tertiary alicyclic amines) is 1. The molecule has 18 heavy (non-hydrogen) atoms. The molecule has 98 valence electrons. The van der Waals surface area contributed by atoms with Crippen LogP contribution in [-0.4, -0.2) is 52.0 Å². The lowest BCUT2D eigenvalue weighted by Crippen LogP contribution is -2.37. The van der Waals surface area contributed by atoms with Crippen molar-refractivity contribution in [2.24, 2.45) is 0 Å². The summed E-state index contributed by atoms with van der Waals surface area (Å²) in [7, 11) is 1.28. The Morgan fingerprint density at radius 2 is 2.06 bits per heavy atom. The zero-order valence-corrected chi connectivity index (χ0v) is 10.3. The topological polar surface area (TPSA) is 77.3 Å². The maximum Gasteiger partial charge on any atom is 0.360 e. The maximum atomic E-state index is 11.9. The summed E-state index contributed by atoms with van der Waals surface area (Å²) in [4.78, 5) is 24.9. The molecule has 0 aliphatic carbocycles. The van der Waals surface area contributed by atoms with Gasteiger partial charge in [0.15, 0.2) is 5.69 Å². The quantitative estimate of drug-likeness (QED) is 0.712. The lowest BCUT2D eigenvalue weighted by atomic mass is 10.1. The molecule has 2 rings (SSSR count). The van der Waals surface area contributed by atoms with Gasteiger partial charge in [-0.25, -0.2) is 9.48 Å². The fourth-order valence-corrected chi connectivity index (χ4v) is 1.96. The second-order valence-corrected chi connectivity index (χ2v) is 4.23. The Morgan fingerprint density at radius 1 is 1.33 bits per heavy atom. The number of carbonyl (C=O) groups excluding carboxylic acids is 2. The molecule has 7 nitrogen and oxygen atoms in total. The number of esters is 1. The van der Waals surface area contributed by atoms with Crippen molar-refractivity contribution >= 4 is 11.9 Å². The van der Waals surface area contributed by atoms with Crippen LogP contribution < -0.4 is 0 Å². The average molecular weight is 252 g/mol. The van der Waals surface area contributed by atoms with Crippen molar-refractivity contribution < 1.29 is 14.3 Å². The van der Waals surface area contributed by atoms with Crippen LogP contribution in [0.3, 0.4) is 0 Å². The number of ether oxygens (including phenoxy) is 1. The monoisotopic (exact) mass is 252 g/mol.